The smallest absolute Gasteiger partial charge is 0.153 e. The van der Waals surface area contributed by atoms with Gasteiger partial charge in [-0.1, -0.05) is 11.6 Å². The van der Waals surface area contributed by atoms with Crippen molar-refractivity contribution in [2.24, 2.45) is 0 Å². The Kier molecular flexibility index (Phi) is 3.21. The summed E-state index contributed by atoms with van der Waals surface area (Å²) >= 11 is 5.88. The van der Waals surface area contributed by atoms with E-state index in [4.69, 9.17) is 11.6 Å². The van der Waals surface area contributed by atoms with Gasteiger partial charge < -0.3 is 4.90 Å². The monoisotopic (exact) mass is 224 g/mol. The van der Waals surface area contributed by atoms with Crippen molar-refractivity contribution in [3.05, 3.63) is 22.8 Å². The van der Waals surface area contributed by atoms with Crippen LogP contribution in [0.25, 0.3) is 0 Å². The maximum absolute atomic E-state index is 10.6. The molecule has 0 bridgehead atoms. The number of hydrogen-bond donors (Lipinski definition) is 0. The Morgan fingerprint density at radius 1 is 1.27 bits per heavy atom. The van der Waals surface area contributed by atoms with Crippen LogP contribution in [0.1, 0.15) is 29.6 Å². The summed E-state index contributed by atoms with van der Waals surface area (Å²) in [6.45, 7) is 2.06. The summed E-state index contributed by atoms with van der Waals surface area (Å²) in [5, 5.41) is 0.299. The average Bonchev–Trinajstić information content (AvgIpc) is 2.30. The maximum Gasteiger partial charge on any atom is 0.153 e. The van der Waals surface area contributed by atoms with Gasteiger partial charge in [0.2, 0.25) is 0 Å². The molecule has 1 fully saturated rings. The molecule has 0 spiro atoms. The summed E-state index contributed by atoms with van der Waals surface area (Å²) in [5.41, 5.74) is 0.456. The van der Waals surface area contributed by atoms with E-state index < -0.39 is 0 Å². The van der Waals surface area contributed by atoms with Gasteiger partial charge in [0.15, 0.2) is 6.29 Å². The van der Waals surface area contributed by atoms with E-state index >= 15 is 0 Å². The third-order valence-electron chi connectivity index (χ3n) is 2.67. The van der Waals surface area contributed by atoms with Gasteiger partial charge in [-0.25, -0.2) is 4.98 Å². The van der Waals surface area contributed by atoms with Gasteiger partial charge in [0.25, 0.3) is 0 Å². The minimum atomic E-state index is 0.299. The number of halogens is 1. The van der Waals surface area contributed by atoms with E-state index in [1.165, 1.54) is 19.3 Å². The number of pyridine rings is 1. The van der Waals surface area contributed by atoms with Crippen LogP contribution in [0.4, 0.5) is 5.82 Å². The first-order valence-electron chi connectivity index (χ1n) is 5.18. The van der Waals surface area contributed by atoms with Crippen LogP contribution in [0.3, 0.4) is 0 Å². The highest BCUT2D eigenvalue weighted by Gasteiger charge is 2.13. The molecule has 0 saturated carbocycles. The molecule has 1 aromatic heterocycles. The highest BCUT2D eigenvalue weighted by Crippen LogP contribution is 2.21. The molecular formula is C11H13ClN2O. The number of carbonyl (C=O) groups is 1. The lowest BCUT2D eigenvalue weighted by molar-refractivity contribution is 0.112. The highest BCUT2D eigenvalue weighted by atomic mass is 35.5. The summed E-state index contributed by atoms with van der Waals surface area (Å²) in [6, 6.07) is 3.59. The molecule has 0 aromatic carbocycles. The molecule has 0 atom stereocenters. The normalized spacial score (nSPS) is 16.5. The zero-order valence-corrected chi connectivity index (χ0v) is 9.20. The van der Waals surface area contributed by atoms with E-state index in [0.717, 1.165) is 25.2 Å². The predicted octanol–water partition coefficient (Wildman–Crippen LogP) is 2.54. The molecule has 2 heterocycles. The van der Waals surface area contributed by atoms with Gasteiger partial charge in [0, 0.05) is 13.1 Å². The van der Waals surface area contributed by atoms with Crippen molar-refractivity contribution in [2.75, 3.05) is 18.0 Å². The van der Waals surface area contributed by atoms with E-state index in [9.17, 15) is 4.79 Å². The lowest BCUT2D eigenvalue weighted by Crippen LogP contribution is -2.30. The van der Waals surface area contributed by atoms with Crippen molar-refractivity contribution in [3.8, 4) is 0 Å². The zero-order valence-electron chi connectivity index (χ0n) is 8.45. The number of aromatic nitrogens is 1. The first-order chi connectivity index (χ1) is 7.31. The second kappa shape index (κ2) is 4.62. The van der Waals surface area contributed by atoms with Gasteiger partial charge in [-0.15, -0.1) is 0 Å². The van der Waals surface area contributed by atoms with Crippen molar-refractivity contribution < 1.29 is 4.79 Å². The third-order valence-corrected chi connectivity index (χ3v) is 2.97. The van der Waals surface area contributed by atoms with E-state index in [1.807, 2.05) is 6.07 Å². The molecule has 0 aliphatic carbocycles. The van der Waals surface area contributed by atoms with E-state index in [1.54, 1.807) is 6.07 Å². The fourth-order valence-corrected chi connectivity index (χ4v) is 2.02. The van der Waals surface area contributed by atoms with Gasteiger partial charge in [0.1, 0.15) is 11.0 Å². The second-order valence-corrected chi connectivity index (χ2v) is 4.07. The summed E-state index contributed by atoms with van der Waals surface area (Å²) < 4.78 is 0. The molecule has 15 heavy (non-hydrogen) atoms. The minimum absolute atomic E-state index is 0.299. The van der Waals surface area contributed by atoms with Crippen LogP contribution in [-0.2, 0) is 0 Å². The standard InChI is InChI=1S/C11H13ClN2O/c12-11-9(8-15)4-5-10(13-11)14-6-2-1-3-7-14/h4-5,8H,1-3,6-7H2. The Morgan fingerprint density at radius 2 is 2.00 bits per heavy atom. The Balaban J connectivity index is 2.21. The number of piperidine rings is 1. The van der Waals surface area contributed by atoms with Crippen LogP contribution in [0.5, 0.6) is 0 Å². The largest absolute Gasteiger partial charge is 0.357 e. The van der Waals surface area contributed by atoms with Gasteiger partial charge in [-0.2, -0.15) is 0 Å². The SMILES string of the molecule is O=Cc1ccc(N2CCCCC2)nc1Cl. The molecule has 0 radical (unpaired) electrons. The van der Waals surface area contributed by atoms with Crippen LogP contribution in [0.15, 0.2) is 12.1 Å². The fourth-order valence-electron chi connectivity index (χ4n) is 1.82. The second-order valence-electron chi connectivity index (χ2n) is 3.72. The Hall–Kier alpha value is -1.09. The van der Waals surface area contributed by atoms with Gasteiger partial charge in [-0.05, 0) is 31.4 Å². The van der Waals surface area contributed by atoms with Crippen molar-refractivity contribution in [2.45, 2.75) is 19.3 Å². The van der Waals surface area contributed by atoms with E-state index in [0.29, 0.717) is 10.7 Å². The number of anilines is 1. The number of hydrogen-bond acceptors (Lipinski definition) is 3. The first-order valence-corrected chi connectivity index (χ1v) is 5.56. The molecule has 4 heteroatoms. The molecule has 2 rings (SSSR count). The lowest BCUT2D eigenvalue weighted by Gasteiger charge is -2.27. The van der Waals surface area contributed by atoms with Crippen LogP contribution in [0.2, 0.25) is 5.15 Å². The summed E-state index contributed by atoms with van der Waals surface area (Å²) in [5.74, 6) is 0.880. The van der Waals surface area contributed by atoms with Crippen LogP contribution >= 0.6 is 11.6 Å². The third kappa shape index (κ3) is 2.29. The molecule has 0 amide bonds. The summed E-state index contributed by atoms with van der Waals surface area (Å²) in [6.07, 6.45) is 4.43. The Labute approximate surface area is 94.1 Å². The van der Waals surface area contributed by atoms with Crippen LogP contribution in [-0.4, -0.2) is 24.4 Å². The number of rotatable bonds is 2. The predicted molar refractivity (Wildman–Crippen MR) is 60.7 cm³/mol. The fraction of sp³-hybridized carbons (Fsp3) is 0.455. The minimum Gasteiger partial charge on any atom is -0.357 e. The molecule has 1 aliphatic rings. The average molecular weight is 225 g/mol. The number of carbonyl (C=O) groups excluding carboxylic acids is 1. The lowest BCUT2D eigenvalue weighted by atomic mass is 10.1. The summed E-state index contributed by atoms with van der Waals surface area (Å²) in [7, 11) is 0. The van der Waals surface area contributed by atoms with Gasteiger partial charge in [0.05, 0.1) is 5.56 Å². The van der Waals surface area contributed by atoms with Crippen molar-refractivity contribution in [1.29, 1.82) is 0 Å². The first kappa shape index (κ1) is 10.4. The van der Waals surface area contributed by atoms with Crippen molar-refractivity contribution in [1.82, 2.24) is 4.98 Å². The van der Waals surface area contributed by atoms with Crippen LogP contribution in [0, 0.1) is 0 Å². The molecule has 80 valence electrons. The van der Waals surface area contributed by atoms with E-state index in [-0.39, 0.29) is 0 Å². The maximum atomic E-state index is 10.6. The van der Waals surface area contributed by atoms with E-state index in [2.05, 4.69) is 9.88 Å². The van der Waals surface area contributed by atoms with Crippen molar-refractivity contribution >= 4 is 23.7 Å². The Bertz CT molecular complexity index is 362. The molecule has 1 aromatic rings. The molecule has 0 unspecified atom stereocenters. The zero-order chi connectivity index (χ0) is 10.7. The Morgan fingerprint density at radius 3 is 2.60 bits per heavy atom. The van der Waals surface area contributed by atoms with Gasteiger partial charge in [-0.3, -0.25) is 4.79 Å². The molecule has 3 nitrogen and oxygen atoms in total. The highest BCUT2D eigenvalue weighted by molar-refractivity contribution is 6.31. The number of aldehydes is 1. The van der Waals surface area contributed by atoms with Gasteiger partial charge >= 0.3 is 0 Å². The summed E-state index contributed by atoms with van der Waals surface area (Å²) in [4.78, 5) is 17.0. The quantitative estimate of drug-likeness (QED) is 0.572. The molecule has 1 saturated heterocycles. The topological polar surface area (TPSA) is 33.2 Å². The van der Waals surface area contributed by atoms with Crippen molar-refractivity contribution in [3.63, 3.8) is 0 Å². The van der Waals surface area contributed by atoms with Crippen LogP contribution < -0.4 is 4.90 Å². The molecule has 1 aliphatic heterocycles. The number of nitrogens with zero attached hydrogens (tertiary/aromatic N) is 2. The molecular weight excluding hydrogens is 212 g/mol. The molecule has 0 N–H and O–H groups in total.